The lowest BCUT2D eigenvalue weighted by atomic mass is 9.99. The summed E-state index contributed by atoms with van der Waals surface area (Å²) < 4.78 is 12.1. The number of unbranched alkanes of at least 4 members (excludes halogenated alkanes) is 14. The highest BCUT2D eigenvalue weighted by Crippen LogP contribution is 2.32. The average Bonchev–Trinajstić information content (AvgIpc) is 3.09. The van der Waals surface area contributed by atoms with Crippen molar-refractivity contribution in [3.8, 4) is 0 Å². The second kappa shape index (κ2) is 16.1. The van der Waals surface area contributed by atoms with Crippen LogP contribution in [0.25, 0.3) is 0 Å². The average molecular weight is 355 g/mol. The van der Waals surface area contributed by atoms with E-state index in [1.807, 2.05) is 0 Å². The van der Waals surface area contributed by atoms with E-state index in [-0.39, 0.29) is 5.79 Å². The van der Waals surface area contributed by atoms with Crippen LogP contribution < -0.4 is 0 Å². The Morgan fingerprint density at radius 3 is 1.16 bits per heavy atom. The molecule has 0 spiro atoms. The fourth-order valence-electron chi connectivity index (χ4n) is 3.97. The van der Waals surface area contributed by atoms with Crippen LogP contribution in [-0.4, -0.2) is 19.0 Å². The summed E-state index contributed by atoms with van der Waals surface area (Å²) in [5.74, 6) is -0.217. The molecule has 1 heterocycles. The molecule has 2 nitrogen and oxygen atoms in total. The predicted molar refractivity (Wildman–Crippen MR) is 109 cm³/mol. The molecule has 1 fully saturated rings. The zero-order chi connectivity index (χ0) is 18.1. The summed E-state index contributed by atoms with van der Waals surface area (Å²) in [6.07, 6.45) is 24.2. The summed E-state index contributed by atoms with van der Waals surface area (Å²) in [6.45, 7) is 6.17. The Morgan fingerprint density at radius 2 is 0.800 bits per heavy atom. The van der Waals surface area contributed by atoms with Gasteiger partial charge in [-0.2, -0.15) is 0 Å². The molecule has 1 rings (SSSR count). The van der Waals surface area contributed by atoms with E-state index in [9.17, 15) is 0 Å². The van der Waals surface area contributed by atoms with Gasteiger partial charge in [0.1, 0.15) is 0 Å². The fourth-order valence-corrected chi connectivity index (χ4v) is 3.97. The maximum atomic E-state index is 6.03. The summed E-state index contributed by atoms with van der Waals surface area (Å²) in [6, 6.07) is 0. The van der Waals surface area contributed by atoms with Crippen LogP contribution in [0.2, 0.25) is 0 Å². The van der Waals surface area contributed by atoms with Gasteiger partial charge in [-0.3, -0.25) is 0 Å². The van der Waals surface area contributed by atoms with Gasteiger partial charge in [0.15, 0.2) is 5.79 Å². The molecule has 2 heteroatoms. The number of rotatable bonds is 18. The Morgan fingerprint density at radius 1 is 0.480 bits per heavy atom. The topological polar surface area (TPSA) is 18.5 Å². The van der Waals surface area contributed by atoms with E-state index in [0.29, 0.717) is 0 Å². The molecular weight excluding hydrogens is 308 g/mol. The summed E-state index contributed by atoms with van der Waals surface area (Å²) >= 11 is 0. The number of ether oxygens (including phenoxy) is 2. The lowest BCUT2D eigenvalue weighted by molar-refractivity contribution is -0.168. The lowest BCUT2D eigenvalue weighted by Crippen LogP contribution is -2.30. The molecular formula is C23H46O2. The lowest BCUT2D eigenvalue weighted by Gasteiger charge is -2.27. The van der Waals surface area contributed by atoms with Crippen molar-refractivity contribution in [3.05, 3.63) is 0 Å². The van der Waals surface area contributed by atoms with E-state index in [1.165, 1.54) is 103 Å². The molecule has 0 saturated carbocycles. The van der Waals surface area contributed by atoms with Crippen LogP contribution in [0.5, 0.6) is 0 Å². The Labute approximate surface area is 158 Å². The van der Waals surface area contributed by atoms with Crippen molar-refractivity contribution < 1.29 is 9.47 Å². The summed E-state index contributed by atoms with van der Waals surface area (Å²) in [5.41, 5.74) is 0. The Hall–Kier alpha value is -0.0800. The van der Waals surface area contributed by atoms with Crippen LogP contribution in [0.1, 0.15) is 129 Å². The molecule has 0 aliphatic carbocycles. The molecule has 150 valence electrons. The highest BCUT2D eigenvalue weighted by atomic mass is 16.7. The van der Waals surface area contributed by atoms with Crippen LogP contribution in [0.15, 0.2) is 0 Å². The smallest absolute Gasteiger partial charge is 0.168 e. The maximum Gasteiger partial charge on any atom is 0.168 e. The first-order valence-electron chi connectivity index (χ1n) is 11.6. The molecule has 0 aromatic heterocycles. The highest BCUT2D eigenvalue weighted by Gasteiger charge is 2.34. The first-order chi connectivity index (χ1) is 12.3. The zero-order valence-corrected chi connectivity index (χ0v) is 17.5. The first kappa shape index (κ1) is 23.0. The molecule has 0 N–H and O–H groups in total. The Bertz CT molecular complexity index is 271. The van der Waals surface area contributed by atoms with Crippen molar-refractivity contribution >= 4 is 0 Å². The molecule has 0 radical (unpaired) electrons. The van der Waals surface area contributed by atoms with Gasteiger partial charge in [-0.25, -0.2) is 0 Å². The summed E-state index contributed by atoms with van der Waals surface area (Å²) in [7, 11) is 0. The third kappa shape index (κ3) is 12.0. The predicted octanol–water partition coefficient (Wildman–Crippen LogP) is 7.79. The van der Waals surface area contributed by atoms with Crippen molar-refractivity contribution in [3.63, 3.8) is 0 Å². The van der Waals surface area contributed by atoms with Gasteiger partial charge in [0, 0.05) is 12.8 Å². The number of hydrogen-bond donors (Lipinski definition) is 0. The van der Waals surface area contributed by atoms with Gasteiger partial charge in [-0.15, -0.1) is 0 Å². The van der Waals surface area contributed by atoms with Crippen molar-refractivity contribution in [2.45, 2.75) is 135 Å². The van der Waals surface area contributed by atoms with Gasteiger partial charge in [0.05, 0.1) is 13.2 Å². The Kier molecular flexibility index (Phi) is 14.8. The standard InChI is InChI=1S/C23H46O2/c1-3-5-7-9-11-12-13-14-16-18-20-23(24-21-22-25-23)19-17-15-10-8-6-4-2/h3-22H2,1-2H3. The highest BCUT2D eigenvalue weighted by molar-refractivity contribution is 4.74. The van der Waals surface area contributed by atoms with Crippen molar-refractivity contribution in [2.24, 2.45) is 0 Å². The van der Waals surface area contributed by atoms with Crippen LogP contribution in [0, 0.1) is 0 Å². The SMILES string of the molecule is CCCCCCCCCCCCC1(CCCCCCCC)OCCO1. The zero-order valence-electron chi connectivity index (χ0n) is 17.5. The molecule has 1 saturated heterocycles. The molecule has 0 atom stereocenters. The van der Waals surface area contributed by atoms with Crippen molar-refractivity contribution in [1.82, 2.24) is 0 Å². The van der Waals surface area contributed by atoms with E-state index in [4.69, 9.17) is 9.47 Å². The van der Waals surface area contributed by atoms with Gasteiger partial charge >= 0.3 is 0 Å². The third-order valence-corrected chi connectivity index (χ3v) is 5.64. The van der Waals surface area contributed by atoms with Crippen LogP contribution in [-0.2, 0) is 9.47 Å². The molecule has 0 unspecified atom stereocenters. The Balaban J connectivity index is 1.99. The van der Waals surface area contributed by atoms with Gasteiger partial charge in [-0.1, -0.05) is 104 Å². The first-order valence-corrected chi connectivity index (χ1v) is 11.6. The van der Waals surface area contributed by atoms with E-state index in [1.54, 1.807) is 0 Å². The van der Waals surface area contributed by atoms with Crippen molar-refractivity contribution in [2.75, 3.05) is 13.2 Å². The minimum atomic E-state index is -0.217. The molecule has 0 bridgehead atoms. The minimum absolute atomic E-state index is 0.217. The molecule has 0 amide bonds. The van der Waals surface area contributed by atoms with Gasteiger partial charge in [0.25, 0.3) is 0 Å². The second-order valence-corrected chi connectivity index (χ2v) is 8.06. The van der Waals surface area contributed by atoms with E-state index in [2.05, 4.69) is 13.8 Å². The third-order valence-electron chi connectivity index (χ3n) is 5.64. The van der Waals surface area contributed by atoms with Crippen LogP contribution in [0.4, 0.5) is 0 Å². The van der Waals surface area contributed by atoms with Crippen LogP contribution in [0.3, 0.4) is 0 Å². The van der Waals surface area contributed by atoms with Gasteiger partial charge in [0.2, 0.25) is 0 Å². The van der Waals surface area contributed by atoms with Crippen LogP contribution >= 0.6 is 0 Å². The molecule has 1 aliphatic rings. The summed E-state index contributed by atoms with van der Waals surface area (Å²) in [5, 5.41) is 0. The molecule has 25 heavy (non-hydrogen) atoms. The van der Waals surface area contributed by atoms with E-state index < -0.39 is 0 Å². The summed E-state index contributed by atoms with van der Waals surface area (Å²) in [4.78, 5) is 0. The molecule has 0 aromatic rings. The van der Waals surface area contributed by atoms with Gasteiger partial charge < -0.3 is 9.47 Å². The maximum absolute atomic E-state index is 6.03. The normalized spacial score (nSPS) is 16.6. The van der Waals surface area contributed by atoms with Gasteiger partial charge in [-0.05, 0) is 12.8 Å². The van der Waals surface area contributed by atoms with Crippen molar-refractivity contribution in [1.29, 1.82) is 0 Å². The second-order valence-electron chi connectivity index (χ2n) is 8.06. The molecule has 0 aromatic carbocycles. The van der Waals surface area contributed by atoms with E-state index >= 15 is 0 Å². The van der Waals surface area contributed by atoms with E-state index in [0.717, 1.165) is 26.1 Å². The fraction of sp³-hybridized carbons (Fsp3) is 1.00. The largest absolute Gasteiger partial charge is 0.348 e. The minimum Gasteiger partial charge on any atom is -0.348 e. The molecule has 1 aliphatic heterocycles. The number of hydrogen-bond acceptors (Lipinski definition) is 2. The quantitative estimate of drug-likeness (QED) is 0.234. The monoisotopic (exact) mass is 354 g/mol.